The van der Waals surface area contributed by atoms with E-state index in [0.29, 0.717) is 5.75 Å². The van der Waals surface area contributed by atoms with Crippen LogP contribution in [0.3, 0.4) is 0 Å². The predicted molar refractivity (Wildman–Crippen MR) is 104 cm³/mol. The van der Waals surface area contributed by atoms with Gasteiger partial charge in [0, 0.05) is 5.56 Å². The largest absolute Gasteiger partial charge is 0.493 e. The predicted octanol–water partition coefficient (Wildman–Crippen LogP) is 3.05. The minimum atomic E-state index is -3.59. The number of methoxy groups -OCH3 is 1. The van der Waals surface area contributed by atoms with E-state index in [1.807, 2.05) is 36.4 Å². The van der Waals surface area contributed by atoms with E-state index >= 15 is 0 Å². The van der Waals surface area contributed by atoms with Crippen LogP contribution in [0.2, 0.25) is 0 Å². The molecule has 0 spiro atoms. The number of hydrogen-bond donors (Lipinski definition) is 0. The SMILES string of the molecule is COC(=O)C(=O)c1ccc(S(=O)(=O)CCOc2ccc3ccccc3c2)cc1. The fraction of sp³-hybridized carbons (Fsp3) is 0.143. The fourth-order valence-corrected chi connectivity index (χ4v) is 3.76. The van der Waals surface area contributed by atoms with Crippen molar-refractivity contribution in [1.29, 1.82) is 0 Å². The number of carbonyl (C=O) groups is 2. The summed E-state index contributed by atoms with van der Waals surface area (Å²) in [6.45, 7) is -0.0104. The number of ether oxygens (including phenoxy) is 2. The van der Waals surface area contributed by atoms with Gasteiger partial charge < -0.3 is 9.47 Å². The first-order chi connectivity index (χ1) is 13.4. The Morgan fingerprint density at radius 3 is 2.25 bits per heavy atom. The van der Waals surface area contributed by atoms with Crippen molar-refractivity contribution in [2.45, 2.75) is 4.90 Å². The van der Waals surface area contributed by atoms with E-state index in [1.54, 1.807) is 6.07 Å². The molecule has 0 aromatic heterocycles. The molecular formula is C21H18O6S. The number of Topliss-reactive ketones (excluding diaryl/α,β-unsaturated/α-hetero) is 1. The van der Waals surface area contributed by atoms with Gasteiger partial charge in [-0.3, -0.25) is 4.79 Å². The Labute approximate surface area is 162 Å². The van der Waals surface area contributed by atoms with Gasteiger partial charge >= 0.3 is 5.97 Å². The smallest absolute Gasteiger partial charge is 0.379 e. The summed E-state index contributed by atoms with van der Waals surface area (Å²) in [6, 6.07) is 18.5. The highest BCUT2D eigenvalue weighted by Crippen LogP contribution is 2.21. The molecular weight excluding hydrogens is 380 g/mol. The van der Waals surface area contributed by atoms with Gasteiger partial charge in [-0.2, -0.15) is 0 Å². The zero-order valence-electron chi connectivity index (χ0n) is 15.1. The van der Waals surface area contributed by atoms with Crippen LogP contribution in [0, 0.1) is 0 Å². The quantitative estimate of drug-likeness (QED) is 0.345. The summed E-state index contributed by atoms with van der Waals surface area (Å²) in [7, 11) is -2.49. The Kier molecular flexibility index (Phi) is 5.75. The van der Waals surface area contributed by atoms with Crippen molar-refractivity contribution in [2.75, 3.05) is 19.5 Å². The van der Waals surface area contributed by atoms with Crippen molar-refractivity contribution in [3.63, 3.8) is 0 Å². The summed E-state index contributed by atoms with van der Waals surface area (Å²) in [5.74, 6) is -1.46. The molecule has 0 atom stereocenters. The first-order valence-electron chi connectivity index (χ1n) is 8.48. The third kappa shape index (κ3) is 4.37. The Bertz CT molecular complexity index is 1120. The number of sulfone groups is 1. The van der Waals surface area contributed by atoms with E-state index in [2.05, 4.69) is 4.74 Å². The van der Waals surface area contributed by atoms with Gasteiger partial charge in [0.15, 0.2) is 9.84 Å². The normalized spacial score (nSPS) is 11.2. The van der Waals surface area contributed by atoms with Crippen LogP contribution in [0.25, 0.3) is 10.8 Å². The molecule has 0 aliphatic heterocycles. The van der Waals surface area contributed by atoms with Crippen LogP contribution in [-0.2, 0) is 19.4 Å². The van der Waals surface area contributed by atoms with Crippen LogP contribution in [-0.4, -0.2) is 39.6 Å². The third-order valence-electron chi connectivity index (χ3n) is 4.19. The van der Waals surface area contributed by atoms with E-state index in [1.165, 1.54) is 24.3 Å². The van der Waals surface area contributed by atoms with Gasteiger partial charge in [-0.1, -0.05) is 30.3 Å². The summed E-state index contributed by atoms with van der Waals surface area (Å²) in [6.07, 6.45) is 0. The Morgan fingerprint density at radius 1 is 0.893 bits per heavy atom. The highest BCUT2D eigenvalue weighted by molar-refractivity contribution is 7.91. The Morgan fingerprint density at radius 2 is 1.57 bits per heavy atom. The van der Waals surface area contributed by atoms with E-state index in [9.17, 15) is 18.0 Å². The molecule has 0 saturated heterocycles. The van der Waals surface area contributed by atoms with E-state index < -0.39 is 21.6 Å². The van der Waals surface area contributed by atoms with Gasteiger partial charge in [0.2, 0.25) is 0 Å². The first-order valence-corrected chi connectivity index (χ1v) is 10.1. The van der Waals surface area contributed by atoms with E-state index in [-0.39, 0.29) is 22.8 Å². The standard InChI is InChI=1S/C21H18O6S/c1-26-21(23)20(22)16-7-10-19(11-8-16)28(24,25)13-12-27-18-9-6-15-4-2-3-5-17(15)14-18/h2-11,14H,12-13H2,1H3. The number of fused-ring (bicyclic) bond motifs is 1. The molecule has 3 rings (SSSR count). The summed E-state index contributed by atoms with van der Waals surface area (Å²) < 4.78 is 34.8. The molecule has 144 valence electrons. The average Bonchev–Trinajstić information content (AvgIpc) is 2.72. The van der Waals surface area contributed by atoms with Crippen molar-refractivity contribution in [3.05, 3.63) is 72.3 Å². The van der Waals surface area contributed by atoms with Crippen LogP contribution in [0.4, 0.5) is 0 Å². The van der Waals surface area contributed by atoms with Crippen LogP contribution in [0.1, 0.15) is 10.4 Å². The highest BCUT2D eigenvalue weighted by Gasteiger charge is 2.19. The maximum Gasteiger partial charge on any atom is 0.379 e. The molecule has 6 nitrogen and oxygen atoms in total. The number of benzene rings is 3. The summed E-state index contributed by atoms with van der Waals surface area (Å²) in [5, 5.41) is 2.08. The van der Waals surface area contributed by atoms with Gasteiger partial charge in [0.25, 0.3) is 5.78 Å². The topological polar surface area (TPSA) is 86.7 Å². The fourth-order valence-electron chi connectivity index (χ4n) is 2.67. The molecule has 3 aromatic rings. The Balaban J connectivity index is 1.64. The molecule has 0 saturated carbocycles. The lowest BCUT2D eigenvalue weighted by atomic mass is 10.1. The lowest BCUT2D eigenvalue weighted by molar-refractivity contribution is -0.135. The first kappa shape index (κ1) is 19.6. The second kappa shape index (κ2) is 8.22. The lowest BCUT2D eigenvalue weighted by Crippen LogP contribution is -2.17. The molecule has 0 N–H and O–H groups in total. The molecule has 0 unspecified atom stereocenters. The van der Waals surface area contributed by atoms with Gasteiger partial charge in [0.1, 0.15) is 12.4 Å². The number of esters is 1. The third-order valence-corrected chi connectivity index (χ3v) is 5.88. The van der Waals surface area contributed by atoms with Crippen molar-refractivity contribution in [3.8, 4) is 5.75 Å². The van der Waals surface area contributed by atoms with Gasteiger partial charge in [-0.25, -0.2) is 13.2 Å². The summed E-state index contributed by atoms with van der Waals surface area (Å²) in [5.41, 5.74) is 0.0678. The molecule has 0 amide bonds. The monoisotopic (exact) mass is 398 g/mol. The lowest BCUT2D eigenvalue weighted by Gasteiger charge is -2.09. The van der Waals surface area contributed by atoms with Crippen LogP contribution in [0.15, 0.2) is 71.6 Å². The molecule has 0 heterocycles. The Hall–Kier alpha value is -3.19. The van der Waals surface area contributed by atoms with Crippen LogP contribution < -0.4 is 4.74 Å². The molecule has 0 aliphatic rings. The van der Waals surface area contributed by atoms with Crippen molar-refractivity contribution in [2.24, 2.45) is 0 Å². The minimum Gasteiger partial charge on any atom is -0.493 e. The molecule has 0 fully saturated rings. The molecule has 7 heteroatoms. The number of hydrogen-bond acceptors (Lipinski definition) is 6. The van der Waals surface area contributed by atoms with Crippen LogP contribution >= 0.6 is 0 Å². The van der Waals surface area contributed by atoms with Crippen molar-refractivity contribution >= 4 is 32.4 Å². The number of rotatable bonds is 7. The zero-order valence-corrected chi connectivity index (χ0v) is 15.9. The summed E-state index contributed by atoms with van der Waals surface area (Å²) >= 11 is 0. The molecule has 0 radical (unpaired) electrons. The summed E-state index contributed by atoms with van der Waals surface area (Å²) in [4.78, 5) is 23.0. The van der Waals surface area contributed by atoms with Gasteiger partial charge in [-0.05, 0) is 47.2 Å². The number of carbonyl (C=O) groups excluding carboxylic acids is 2. The van der Waals surface area contributed by atoms with E-state index in [4.69, 9.17) is 4.74 Å². The minimum absolute atomic E-state index is 0.0104. The van der Waals surface area contributed by atoms with Crippen LogP contribution in [0.5, 0.6) is 5.75 Å². The molecule has 28 heavy (non-hydrogen) atoms. The maximum absolute atomic E-state index is 12.4. The van der Waals surface area contributed by atoms with E-state index in [0.717, 1.165) is 17.9 Å². The molecule has 0 aliphatic carbocycles. The van der Waals surface area contributed by atoms with Gasteiger partial charge in [-0.15, -0.1) is 0 Å². The second-order valence-electron chi connectivity index (χ2n) is 6.02. The van der Waals surface area contributed by atoms with Gasteiger partial charge in [0.05, 0.1) is 17.8 Å². The van der Waals surface area contributed by atoms with Crippen molar-refractivity contribution < 1.29 is 27.5 Å². The zero-order chi connectivity index (χ0) is 20.1. The molecule has 3 aromatic carbocycles. The molecule has 0 bridgehead atoms. The number of ketones is 1. The van der Waals surface area contributed by atoms with Crippen molar-refractivity contribution in [1.82, 2.24) is 0 Å². The highest BCUT2D eigenvalue weighted by atomic mass is 32.2. The maximum atomic E-state index is 12.4. The second-order valence-corrected chi connectivity index (χ2v) is 8.13. The average molecular weight is 398 g/mol.